The van der Waals surface area contributed by atoms with Gasteiger partial charge in [0.15, 0.2) is 0 Å². The van der Waals surface area contributed by atoms with Crippen LogP contribution in [0.15, 0.2) is 12.4 Å². The molecule has 0 saturated carbocycles. The summed E-state index contributed by atoms with van der Waals surface area (Å²) < 4.78 is 6.96. The Morgan fingerprint density at radius 2 is 2.54 bits per heavy atom. The molecular weight excluding hydrogens is 168 g/mol. The van der Waals surface area contributed by atoms with Crippen LogP contribution in [0.25, 0.3) is 0 Å². The van der Waals surface area contributed by atoms with Crippen LogP contribution < -0.4 is 0 Å². The first-order valence-corrected chi connectivity index (χ1v) is 4.60. The number of aromatic nitrogens is 2. The number of nitrogens with zero attached hydrogens (tertiary/aromatic N) is 2. The molecule has 72 valence electrons. The van der Waals surface area contributed by atoms with Crippen LogP contribution in [0, 0.1) is 0 Å². The van der Waals surface area contributed by atoms with Crippen LogP contribution in [0.3, 0.4) is 0 Å². The molecule has 2 rings (SSSR count). The number of aliphatic hydroxyl groups excluding tert-OH is 1. The molecule has 0 radical (unpaired) electrons. The van der Waals surface area contributed by atoms with E-state index in [0.717, 1.165) is 6.42 Å². The molecule has 13 heavy (non-hydrogen) atoms. The van der Waals surface area contributed by atoms with E-state index in [4.69, 9.17) is 4.74 Å². The second-order valence-electron chi connectivity index (χ2n) is 3.35. The van der Waals surface area contributed by atoms with Crippen molar-refractivity contribution in [2.75, 3.05) is 13.2 Å². The fraction of sp³-hybridized carbons (Fsp3) is 0.667. The standard InChI is InChI=1S/C9H14N2O2/c1-2-7-3-10-11(4-7)8-5-13-6-9(8)12/h3-4,8-9,12H,2,5-6H2,1H3/t8?,9-/m1/s1. The van der Waals surface area contributed by atoms with E-state index in [9.17, 15) is 5.11 Å². The molecule has 0 bridgehead atoms. The van der Waals surface area contributed by atoms with E-state index in [2.05, 4.69) is 12.0 Å². The van der Waals surface area contributed by atoms with Crippen LogP contribution in [-0.2, 0) is 11.2 Å². The van der Waals surface area contributed by atoms with Gasteiger partial charge in [-0.15, -0.1) is 0 Å². The Labute approximate surface area is 77.1 Å². The second kappa shape index (κ2) is 3.47. The van der Waals surface area contributed by atoms with Gasteiger partial charge in [-0.2, -0.15) is 5.10 Å². The van der Waals surface area contributed by atoms with E-state index >= 15 is 0 Å². The lowest BCUT2D eigenvalue weighted by Gasteiger charge is -2.11. The molecule has 1 saturated heterocycles. The van der Waals surface area contributed by atoms with Crippen molar-refractivity contribution < 1.29 is 9.84 Å². The van der Waals surface area contributed by atoms with Gasteiger partial charge in [-0.25, -0.2) is 0 Å². The third kappa shape index (κ3) is 1.59. The average Bonchev–Trinajstić information content (AvgIpc) is 2.71. The van der Waals surface area contributed by atoms with Crippen molar-refractivity contribution in [3.63, 3.8) is 0 Å². The summed E-state index contributed by atoms with van der Waals surface area (Å²) in [7, 11) is 0. The normalized spacial score (nSPS) is 28.2. The fourth-order valence-corrected chi connectivity index (χ4v) is 1.53. The highest BCUT2D eigenvalue weighted by Crippen LogP contribution is 2.18. The van der Waals surface area contributed by atoms with E-state index in [1.54, 1.807) is 4.68 Å². The van der Waals surface area contributed by atoms with E-state index in [1.807, 2.05) is 12.4 Å². The van der Waals surface area contributed by atoms with Crippen LogP contribution in [-0.4, -0.2) is 34.2 Å². The second-order valence-corrected chi connectivity index (χ2v) is 3.35. The Hall–Kier alpha value is -0.870. The highest BCUT2D eigenvalue weighted by molar-refractivity contribution is 5.04. The van der Waals surface area contributed by atoms with Crippen molar-refractivity contribution in [3.8, 4) is 0 Å². The summed E-state index contributed by atoms with van der Waals surface area (Å²) in [6.45, 7) is 3.07. The Morgan fingerprint density at radius 3 is 3.08 bits per heavy atom. The molecule has 2 atom stereocenters. The predicted molar refractivity (Wildman–Crippen MR) is 47.5 cm³/mol. The zero-order valence-electron chi connectivity index (χ0n) is 7.68. The zero-order valence-corrected chi connectivity index (χ0v) is 7.68. The maximum atomic E-state index is 9.54. The van der Waals surface area contributed by atoms with Crippen molar-refractivity contribution in [3.05, 3.63) is 18.0 Å². The topological polar surface area (TPSA) is 47.3 Å². The SMILES string of the molecule is CCc1cnn(C2COC[C@H]2O)c1. The van der Waals surface area contributed by atoms with Gasteiger partial charge in [-0.3, -0.25) is 4.68 Å². The Morgan fingerprint density at radius 1 is 1.69 bits per heavy atom. The van der Waals surface area contributed by atoms with E-state index < -0.39 is 6.10 Å². The minimum atomic E-state index is -0.412. The highest BCUT2D eigenvalue weighted by atomic mass is 16.5. The summed E-state index contributed by atoms with van der Waals surface area (Å²) in [5.41, 5.74) is 1.19. The number of aliphatic hydroxyl groups is 1. The van der Waals surface area contributed by atoms with Crippen molar-refractivity contribution >= 4 is 0 Å². The Bertz CT molecular complexity index is 285. The van der Waals surface area contributed by atoms with E-state index in [1.165, 1.54) is 5.56 Å². The zero-order chi connectivity index (χ0) is 9.26. The van der Waals surface area contributed by atoms with Crippen LogP contribution in [0.1, 0.15) is 18.5 Å². The fourth-order valence-electron chi connectivity index (χ4n) is 1.53. The van der Waals surface area contributed by atoms with Crippen LogP contribution in [0.5, 0.6) is 0 Å². The minimum absolute atomic E-state index is 0.000278. The minimum Gasteiger partial charge on any atom is -0.388 e. The third-order valence-electron chi connectivity index (χ3n) is 2.42. The molecule has 2 heterocycles. The summed E-state index contributed by atoms with van der Waals surface area (Å²) in [6.07, 6.45) is 4.38. The summed E-state index contributed by atoms with van der Waals surface area (Å²) >= 11 is 0. The molecule has 1 aliphatic rings. The molecule has 0 amide bonds. The summed E-state index contributed by atoms with van der Waals surface area (Å²) in [4.78, 5) is 0. The van der Waals surface area contributed by atoms with Gasteiger partial charge in [0.25, 0.3) is 0 Å². The summed E-state index contributed by atoms with van der Waals surface area (Å²) in [5, 5.41) is 13.7. The summed E-state index contributed by atoms with van der Waals surface area (Å²) in [6, 6.07) is 0.000278. The number of ether oxygens (including phenoxy) is 1. The highest BCUT2D eigenvalue weighted by Gasteiger charge is 2.28. The largest absolute Gasteiger partial charge is 0.388 e. The molecule has 1 fully saturated rings. The Balaban J connectivity index is 2.15. The molecule has 1 unspecified atom stereocenters. The first kappa shape index (κ1) is 8.72. The molecule has 4 nitrogen and oxygen atoms in total. The van der Waals surface area contributed by atoms with Crippen LogP contribution >= 0.6 is 0 Å². The number of aryl methyl sites for hydroxylation is 1. The lowest BCUT2D eigenvalue weighted by Crippen LogP contribution is -2.22. The molecule has 0 spiro atoms. The summed E-state index contributed by atoms with van der Waals surface area (Å²) in [5.74, 6) is 0. The van der Waals surface area contributed by atoms with Crippen molar-refractivity contribution in [2.45, 2.75) is 25.5 Å². The van der Waals surface area contributed by atoms with Crippen molar-refractivity contribution in [1.29, 1.82) is 0 Å². The predicted octanol–water partition coefficient (Wildman–Crippen LogP) is 0.378. The monoisotopic (exact) mass is 182 g/mol. The quantitative estimate of drug-likeness (QED) is 0.719. The molecule has 0 aromatic carbocycles. The van der Waals surface area contributed by atoms with E-state index in [0.29, 0.717) is 13.2 Å². The van der Waals surface area contributed by atoms with E-state index in [-0.39, 0.29) is 6.04 Å². The maximum Gasteiger partial charge on any atom is 0.103 e. The van der Waals surface area contributed by atoms with Gasteiger partial charge in [0, 0.05) is 6.20 Å². The molecular formula is C9H14N2O2. The number of hydrogen-bond acceptors (Lipinski definition) is 3. The first-order chi connectivity index (χ1) is 6.31. The van der Waals surface area contributed by atoms with Gasteiger partial charge in [-0.1, -0.05) is 6.92 Å². The van der Waals surface area contributed by atoms with Crippen molar-refractivity contribution in [2.24, 2.45) is 0 Å². The van der Waals surface area contributed by atoms with Gasteiger partial charge in [0.1, 0.15) is 12.1 Å². The smallest absolute Gasteiger partial charge is 0.103 e. The average molecular weight is 182 g/mol. The third-order valence-corrected chi connectivity index (χ3v) is 2.42. The number of hydrogen-bond donors (Lipinski definition) is 1. The van der Waals surface area contributed by atoms with Crippen LogP contribution in [0.4, 0.5) is 0 Å². The van der Waals surface area contributed by atoms with Gasteiger partial charge in [0.05, 0.1) is 19.4 Å². The van der Waals surface area contributed by atoms with Crippen LogP contribution in [0.2, 0.25) is 0 Å². The molecule has 0 aliphatic carbocycles. The lowest BCUT2D eigenvalue weighted by molar-refractivity contribution is 0.118. The van der Waals surface area contributed by atoms with Crippen molar-refractivity contribution in [1.82, 2.24) is 9.78 Å². The maximum absolute atomic E-state index is 9.54. The lowest BCUT2D eigenvalue weighted by atomic mass is 10.2. The van der Waals surface area contributed by atoms with Gasteiger partial charge in [0.2, 0.25) is 0 Å². The van der Waals surface area contributed by atoms with Gasteiger partial charge in [-0.05, 0) is 12.0 Å². The van der Waals surface area contributed by atoms with Gasteiger partial charge < -0.3 is 9.84 Å². The molecule has 1 aliphatic heterocycles. The molecule has 4 heteroatoms. The van der Waals surface area contributed by atoms with Gasteiger partial charge >= 0.3 is 0 Å². The first-order valence-electron chi connectivity index (χ1n) is 4.60. The molecule has 1 aromatic heterocycles. The molecule has 1 N–H and O–H groups in total. The Kier molecular flexibility index (Phi) is 2.33. The number of rotatable bonds is 2. The molecule has 1 aromatic rings.